The summed E-state index contributed by atoms with van der Waals surface area (Å²) in [6, 6.07) is 5.23. The van der Waals surface area contributed by atoms with E-state index in [9.17, 15) is 24.3 Å². The largest absolute Gasteiger partial charge is 0.480 e. The molecule has 1 aromatic carbocycles. The number of carbonyl (C=O) groups excluding carboxylic acids is 3. The molecule has 0 bridgehead atoms. The lowest BCUT2D eigenvalue weighted by Crippen LogP contribution is -2.59. The molecule has 2 rings (SSSR count). The van der Waals surface area contributed by atoms with E-state index in [1.807, 2.05) is 44.2 Å². The summed E-state index contributed by atoms with van der Waals surface area (Å²) in [7, 11) is 0. The fourth-order valence-electron chi connectivity index (χ4n) is 4.03. The Morgan fingerprint density at radius 2 is 1.67 bits per heavy atom. The van der Waals surface area contributed by atoms with E-state index in [2.05, 4.69) is 25.9 Å². The van der Waals surface area contributed by atoms with Gasteiger partial charge in [0.2, 0.25) is 17.7 Å². The minimum atomic E-state index is -1.18. The second-order valence-corrected chi connectivity index (χ2v) is 9.69. The summed E-state index contributed by atoms with van der Waals surface area (Å²) >= 11 is 0. The Morgan fingerprint density at radius 3 is 2.26 bits per heavy atom. The summed E-state index contributed by atoms with van der Waals surface area (Å²) < 4.78 is 0. The Morgan fingerprint density at radius 1 is 0.974 bits per heavy atom. The number of carboxylic acids is 1. The Bertz CT molecular complexity index is 1050. The molecule has 0 aliphatic heterocycles. The van der Waals surface area contributed by atoms with E-state index in [1.54, 1.807) is 0 Å². The van der Waals surface area contributed by atoms with Crippen molar-refractivity contribution in [2.45, 2.75) is 76.5 Å². The van der Waals surface area contributed by atoms with Crippen molar-refractivity contribution in [3.63, 3.8) is 0 Å². The van der Waals surface area contributed by atoms with Crippen molar-refractivity contribution in [3.05, 3.63) is 54.1 Å². The van der Waals surface area contributed by atoms with Gasteiger partial charge in [0.05, 0.1) is 12.4 Å². The number of unbranched alkanes of at least 4 members (excludes halogenated alkanes) is 1. The lowest BCUT2D eigenvalue weighted by molar-refractivity contribution is -0.142. The van der Waals surface area contributed by atoms with E-state index in [1.165, 1.54) is 12.5 Å². The van der Waals surface area contributed by atoms with E-state index in [-0.39, 0.29) is 18.8 Å². The van der Waals surface area contributed by atoms with E-state index in [0.717, 1.165) is 5.56 Å². The minimum absolute atomic E-state index is 0.0431. The standard InChI is InChI=1S/C27H41N7O5/c1-3-17(2)23(34-24(35)20(29)13-18-9-5-4-6-10-18)26(37)33-22(14-19-15-30-16-31-19)25(36)32-21(27(38)39)11-7-8-12-28/h4-6,9-10,15-17,20-23H,3,7-8,11-14,28-29H2,1-2H3,(H,30,31)(H,32,36)(H,33,37)(H,34,35)(H,38,39). The number of benzene rings is 1. The maximum atomic E-state index is 13.4. The highest BCUT2D eigenvalue weighted by Crippen LogP contribution is 2.11. The minimum Gasteiger partial charge on any atom is -0.480 e. The third kappa shape index (κ3) is 10.5. The second kappa shape index (κ2) is 16.2. The van der Waals surface area contributed by atoms with Crippen molar-refractivity contribution >= 4 is 23.7 Å². The fraction of sp³-hybridized carbons (Fsp3) is 0.519. The number of hydrogen-bond acceptors (Lipinski definition) is 7. The molecular weight excluding hydrogens is 502 g/mol. The smallest absolute Gasteiger partial charge is 0.326 e. The van der Waals surface area contributed by atoms with Crippen LogP contribution >= 0.6 is 0 Å². The summed E-state index contributed by atoms with van der Waals surface area (Å²) in [6.07, 6.45) is 5.22. The predicted octanol–water partition coefficient (Wildman–Crippen LogP) is 0.236. The summed E-state index contributed by atoms with van der Waals surface area (Å²) in [5.41, 5.74) is 13.1. The molecule has 0 saturated carbocycles. The molecule has 39 heavy (non-hydrogen) atoms. The number of nitrogens with zero attached hydrogens (tertiary/aromatic N) is 1. The van der Waals surface area contributed by atoms with Gasteiger partial charge in [-0.2, -0.15) is 0 Å². The molecule has 3 amide bonds. The van der Waals surface area contributed by atoms with Crippen molar-refractivity contribution in [2.75, 3.05) is 6.54 Å². The molecule has 1 heterocycles. The number of amides is 3. The van der Waals surface area contributed by atoms with Gasteiger partial charge in [-0.1, -0.05) is 50.6 Å². The normalized spacial score (nSPS) is 14.9. The van der Waals surface area contributed by atoms with Crippen LogP contribution in [0, 0.1) is 5.92 Å². The van der Waals surface area contributed by atoms with Crippen LogP contribution in [0.15, 0.2) is 42.9 Å². The third-order valence-electron chi connectivity index (χ3n) is 6.60. The SMILES string of the molecule is CCC(C)C(NC(=O)C(N)Cc1ccccc1)C(=O)NC(Cc1cnc[nH]1)C(=O)NC(CCCCN)C(=O)O. The van der Waals surface area contributed by atoms with E-state index in [4.69, 9.17) is 11.5 Å². The summed E-state index contributed by atoms with van der Waals surface area (Å²) in [5, 5.41) is 17.6. The number of imidazole rings is 1. The van der Waals surface area contributed by atoms with Gasteiger partial charge in [-0.25, -0.2) is 9.78 Å². The highest BCUT2D eigenvalue weighted by atomic mass is 16.4. The number of aliphatic carboxylic acids is 1. The fourth-order valence-corrected chi connectivity index (χ4v) is 4.03. The van der Waals surface area contributed by atoms with E-state index < -0.39 is 47.9 Å². The zero-order valence-corrected chi connectivity index (χ0v) is 22.6. The molecule has 214 valence electrons. The van der Waals surface area contributed by atoms with Crippen LogP contribution < -0.4 is 27.4 Å². The van der Waals surface area contributed by atoms with Crippen LogP contribution in [0.1, 0.15) is 50.8 Å². The van der Waals surface area contributed by atoms with Gasteiger partial charge < -0.3 is 37.5 Å². The van der Waals surface area contributed by atoms with Gasteiger partial charge in [0.25, 0.3) is 0 Å². The van der Waals surface area contributed by atoms with Gasteiger partial charge in [-0.05, 0) is 43.7 Å². The van der Waals surface area contributed by atoms with Crippen LogP contribution in [0.25, 0.3) is 0 Å². The number of H-pyrrole nitrogens is 1. The molecule has 0 saturated heterocycles. The number of nitrogens with two attached hydrogens (primary N) is 2. The molecule has 0 fully saturated rings. The number of aromatic nitrogens is 2. The lowest BCUT2D eigenvalue weighted by atomic mass is 9.96. The zero-order chi connectivity index (χ0) is 28.8. The summed E-state index contributed by atoms with van der Waals surface area (Å²) in [6.45, 7) is 4.11. The van der Waals surface area contributed by atoms with Crippen LogP contribution in [0.3, 0.4) is 0 Å². The van der Waals surface area contributed by atoms with Crippen molar-refractivity contribution in [2.24, 2.45) is 17.4 Å². The monoisotopic (exact) mass is 543 g/mol. The molecule has 1 aromatic heterocycles. The average molecular weight is 544 g/mol. The molecular formula is C27H41N7O5. The lowest BCUT2D eigenvalue weighted by Gasteiger charge is -2.28. The first kappa shape index (κ1) is 31.4. The topological polar surface area (TPSA) is 205 Å². The van der Waals surface area contributed by atoms with E-state index in [0.29, 0.717) is 37.9 Å². The first-order chi connectivity index (χ1) is 18.7. The van der Waals surface area contributed by atoms with Gasteiger partial charge in [-0.3, -0.25) is 14.4 Å². The van der Waals surface area contributed by atoms with Gasteiger partial charge >= 0.3 is 5.97 Å². The van der Waals surface area contributed by atoms with Gasteiger partial charge in [0, 0.05) is 18.3 Å². The Hall–Kier alpha value is -3.77. The zero-order valence-electron chi connectivity index (χ0n) is 22.6. The van der Waals surface area contributed by atoms with Gasteiger partial charge in [0.15, 0.2) is 0 Å². The Balaban J connectivity index is 2.16. The number of hydrogen-bond donors (Lipinski definition) is 7. The van der Waals surface area contributed by atoms with Crippen molar-refractivity contribution in [1.29, 1.82) is 0 Å². The average Bonchev–Trinajstić information content (AvgIpc) is 3.43. The Kier molecular flexibility index (Phi) is 13.1. The van der Waals surface area contributed by atoms with Crippen LogP contribution in [0.2, 0.25) is 0 Å². The molecule has 9 N–H and O–H groups in total. The van der Waals surface area contributed by atoms with Gasteiger partial charge in [-0.15, -0.1) is 0 Å². The van der Waals surface area contributed by atoms with E-state index >= 15 is 0 Å². The van der Waals surface area contributed by atoms with Crippen LogP contribution in [0.5, 0.6) is 0 Å². The number of carboxylic acid groups (broad SMARTS) is 1. The quantitative estimate of drug-likeness (QED) is 0.137. The van der Waals surface area contributed by atoms with Crippen molar-refractivity contribution < 1.29 is 24.3 Å². The van der Waals surface area contributed by atoms with Crippen molar-refractivity contribution in [3.8, 4) is 0 Å². The molecule has 12 nitrogen and oxygen atoms in total. The first-order valence-electron chi connectivity index (χ1n) is 13.3. The summed E-state index contributed by atoms with van der Waals surface area (Å²) in [5.74, 6) is -3.16. The first-order valence-corrected chi connectivity index (χ1v) is 13.3. The van der Waals surface area contributed by atoms with Crippen LogP contribution in [-0.2, 0) is 32.0 Å². The summed E-state index contributed by atoms with van der Waals surface area (Å²) in [4.78, 5) is 58.1. The number of rotatable bonds is 17. The highest BCUT2D eigenvalue weighted by molar-refractivity contribution is 5.94. The molecule has 0 aliphatic rings. The molecule has 12 heteroatoms. The molecule has 0 spiro atoms. The molecule has 2 aromatic rings. The number of aromatic amines is 1. The second-order valence-electron chi connectivity index (χ2n) is 9.69. The molecule has 5 unspecified atom stereocenters. The maximum absolute atomic E-state index is 13.4. The third-order valence-corrected chi connectivity index (χ3v) is 6.60. The maximum Gasteiger partial charge on any atom is 0.326 e. The molecule has 5 atom stereocenters. The van der Waals surface area contributed by atoms with Crippen LogP contribution in [-0.4, -0.2) is 69.5 Å². The number of nitrogens with one attached hydrogen (secondary N) is 4. The predicted molar refractivity (Wildman–Crippen MR) is 146 cm³/mol. The van der Waals surface area contributed by atoms with Crippen molar-refractivity contribution in [1.82, 2.24) is 25.9 Å². The molecule has 0 aliphatic carbocycles. The molecule has 0 radical (unpaired) electrons. The van der Waals surface area contributed by atoms with Crippen LogP contribution in [0.4, 0.5) is 0 Å². The number of carbonyl (C=O) groups is 4. The van der Waals surface area contributed by atoms with Gasteiger partial charge in [0.1, 0.15) is 18.1 Å². The highest BCUT2D eigenvalue weighted by Gasteiger charge is 2.32. The Labute approximate surface area is 228 Å².